The Balaban J connectivity index is 2.68. The van der Waals surface area contributed by atoms with Gasteiger partial charge in [-0.2, -0.15) is 5.10 Å². The molecule has 21 heavy (non-hydrogen) atoms. The predicted molar refractivity (Wildman–Crippen MR) is 75.4 cm³/mol. The van der Waals surface area contributed by atoms with Crippen molar-refractivity contribution in [2.45, 2.75) is 44.2 Å². The van der Waals surface area contributed by atoms with Gasteiger partial charge in [0, 0.05) is 19.3 Å². The molecule has 0 aliphatic heterocycles. The molecule has 0 aliphatic carbocycles. The summed E-state index contributed by atoms with van der Waals surface area (Å²) in [6.45, 7) is 6.15. The number of ether oxygens (including phenoxy) is 1. The molecule has 1 aromatic heterocycles. The van der Waals surface area contributed by atoms with Crippen LogP contribution in [0.25, 0.3) is 0 Å². The van der Waals surface area contributed by atoms with Crippen molar-refractivity contribution in [2.75, 3.05) is 13.2 Å². The fourth-order valence-corrected chi connectivity index (χ4v) is 2.76. The Morgan fingerprint density at radius 2 is 2.19 bits per heavy atom. The number of nitrogens with one attached hydrogen (secondary N) is 1. The van der Waals surface area contributed by atoms with E-state index in [9.17, 15) is 13.2 Å². The average molecular weight is 319 g/mol. The smallest absolute Gasteiger partial charge is 0.305 e. The van der Waals surface area contributed by atoms with E-state index in [1.165, 1.54) is 17.1 Å². The summed E-state index contributed by atoms with van der Waals surface area (Å²) in [5.41, 5.74) is -0.610. The molecule has 9 heteroatoms. The third kappa shape index (κ3) is 5.82. The summed E-state index contributed by atoms with van der Waals surface area (Å²) in [6.07, 6.45) is 2.38. The van der Waals surface area contributed by atoms with E-state index in [0.29, 0.717) is 6.61 Å². The van der Waals surface area contributed by atoms with Crippen LogP contribution in [-0.2, 0) is 26.1 Å². The quantitative estimate of drug-likeness (QED) is 0.684. The number of aromatic nitrogens is 2. The molecule has 0 amide bonds. The molecule has 0 aromatic carbocycles. The normalized spacial score (nSPS) is 12.5. The molecule has 0 saturated carbocycles. The van der Waals surface area contributed by atoms with Crippen LogP contribution in [0.15, 0.2) is 17.3 Å². The molecule has 1 aromatic rings. The van der Waals surface area contributed by atoms with Crippen LogP contribution >= 0.6 is 0 Å². The van der Waals surface area contributed by atoms with Gasteiger partial charge in [0.05, 0.1) is 24.8 Å². The van der Waals surface area contributed by atoms with Gasteiger partial charge < -0.3 is 9.84 Å². The molecule has 0 saturated heterocycles. The SMILES string of the molecule is CCOC(C)(C)CNS(=O)(=O)c1cnn(CCC(=O)O)c1. The summed E-state index contributed by atoms with van der Waals surface area (Å²) in [6, 6.07) is 0. The van der Waals surface area contributed by atoms with Crippen molar-refractivity contribution >= 4 is 16.0 Å². The molecule has 0 bridgehead atoms. The molecule has 2 N–H and O–H groups in total. The van der Waals surface area contributed by atoms with Crippen LogP contribution in [0.2, 0.25) is 0 Å². The molecule has 1 rings (SSSR count). The topological polar surface area (TPSA) is 111 Å². The second-order valence-corrected chi connectivity index (χ2v) is 6.87. The summed E-state index contributed by atoms with van der Waals surface area (Å²) >= 11 is 0. The highest BCUT2D eigenvalue weighted by atomic mass is 32.2. The maximum absolute atomic E-state index is 12.1. The fourth-order valence-electron chi connectivity index (χ4n) is 1.61. The van der Waals surface area contributed by atoms with E-state index < -0.39 is 21.6 Å². The van der Waals surface area contributed by atoms with E-state index in [-0.39, 0.29) is 24.4 Å². The summed E-state index contributed by atoms with van der Waals surface area (Å²) in [4.78, 5) is 10.5. The number of carboxylic acids is 1. The number of aliphatic carboxylic acids is 1. The second kappa shape index (κ2) is 7.01. The Bertz CT molecular complexity index is 579. The number of hydrogen-bond donors (Lipinski definition) is 2. The Morgan fingerprint density at radius 3 is 2.76 bits per heavy atom. The summed E-state index contributed by atoms with van der Waals surface area (Å²) < 4.78 is 33.4. The van der Waals surface area contributed by atoms with Crippen molar-refractivity contribution in [2.24, 2.45) is 0 Å². The largest absolute Gasteiger partial charge is 0.481 e. The predicted octanol–water partition coefficient (Wildman–Crippen LogP) is 0.451. The number of rotatable bonds is 9. The lowest BCUT2D eigenvalue weighted by atomic mass is 10.1. The van der Waals surface area contributed by atoms with Gasteiger partial charge in [-0.1, -0.05) is 0 Å². The van der Waals surface area contributed by atoms with Crippen LogP contribution in [0.4, 0.5) is 0 Å². The van der Waals surface area contributed by atoms with Gasteiger partial charge in [0.25, 0.3) is 0 Å². The first kappa shape index (κ1) is 17.6. The fraction of sp³-hybridized carbons (Fsp3) is 0.667. The first-order valence-electron chi connectivity index (χ1n) is 6.54. The Kier molecular flexibility index (Phi) is 5.87. The van der Waals surface area contributed by atoms with Crippen LogP contribution in [-0.4, -0.2) is 48.0 Å². The van der Waals surface area contributed by atoms with E-state index in [1.54, 1.807) is 13.8 Å². The maximum atomic E-state index is 12.1. The molecular formula is C12H21N3O5S. The zero-order valence-corrected chi connectivity index (χ0v) is 13.2. The molecule has 0 atom stereocenters. The van der Waals surface area contributed by atoms with Crippen molar-refractivity contribution in [3.63, 3.8) is 0 Å². The lowest BCUT2D eigenvalue weighted by Crippen LogP contribution is -2.40. The van der Waals surface area contributed by atoms with Crippen molar-refractivity contribution in [1.82, 2.24) is 14.5 Å². The Labute approximate surface area is 124 Å². The number of carboxylic acid groups (broad SMARTS) is 1. The van der Waals surface area contributed by atoms with Crippen LogP contribution in [0, 0.1) is 0 Å². The van der Waals surface area contributed by atoms with Gasteiger partial charge in [-0.15, -0.1) is 0 Å². The highest BCUT2D eigenvalue weighted by molar-refractivity contribution is 7.89. The van der Waals surface area contributed by atoms with Gasteiger partial charge in [-0.3, -0.25) is 9.48 Å². The van der Waals surface area contributed by atoms with E-state index in [2.05, 4.69) is 9.82 Å². The zero-order valence-electron chi connectivity index (χ0n) is 12.4. The number of hydrogen-bond acceptors (Lipinski definition) is 5. The van der Waals surface area contributed by atoms with Gasteiger partial charge in [0.2, 0.25) is 10.0 Å². The van der Waals surface area contributed by atoms with Gasteiger partial charge >= 0.3 is 5.97 Å². The molecule has 8 nitrogen and oxygen atoms in total. The molecule has 1 heterocycles. The molecule has 0 spiro atoms. The van der Waals surface area contributed by atoms with E-state index in [4.69, 9.17) is 9.84 Å². The monoisotopic (exact) mass is 319 g/mol. The Hall–Kier alpha value is -1.45. The minimum absolute atomic E-state index is 0.000173. The summed E-state index contributed by atoms with van der Waals surface area (Å²) in [5.74, 6) is -0.966. The van der Waals surface area contributed by atoms with Gasteiger partial charge in [-0.05, 0) is 20.8 Å². The van der Waals surface area contributed by atoms with Crippen molar-refractivity contribution < 1.29 is 23.1 Å². The summed E-state index contributed by atoms with van der Waals surface area (Å²) in [5, 5.41) is 12.4. The summed E-state index contributed by atoms with van der Waals surface area (Å²) in [7, 11) is -3.69. The molecular weight excluding hydrogens is 298 g/mol. The van der Waals surface area contributed by atoms with Crippen molar-refractivity contribution in [1.29, 1.82) is 0 Å². The number of sulfonamides is 1. The van der Waals surface area contributed by atoms with Gasteiger partial charge in [0.1, 0.15) is 4.90 Å². The lowest BCUT2D eigenvalue weighted by Gasteiger charge is -2.24. The Morgan fingerprint density at radius 1 is 1.52 bits per heavy atom. The van der Waals surface area contributed by atoms with Gasteiger partial charge in [-0.25, -0.2) is 13.1 Å². The highest BCUT2D eigenvalue weighted by Gasteiger charge is 2.23. The zero-order chi connectivity index (χ0) is 16.1. The first-order valence-corrected chi connectivity index (χ1v) is 8.02. The minimum atomic E-state index is -3.69. The molecule has 0 unspecified atom stereocenters. The number of nitrogens with zero attached hydrogens (tertiary/aromatic N) is 2. The number of aryl methyl sites for hydroxylation is 1. The molecule has 0 aliphatic rings. The van der Waals surface area contributed by atoms with Crippen molar-refractivity contribution in [3.05, 3.63) is 12.4 Å². The van der Waals surface area contributed by atoms with E-state index >= 15 is 0 Å². The number of carbonyl (C=O) groups is 1. The van der Waals surface area contributed by atoms with Crippen LogP contribution in [0.1, 0.15) is 27.2 Å². The van der Waals surface area contributed by atoms with E-state index in [0.717, 1.165) is 0 Å². The molecule has 0 radical (unpaired) electrons. The minimum Gasteiger partial charge on any atom is -0.481 e. The molecule has 0 fully saturated rings. The van der Waals surface area contributed by atoms with Crippen LogP contribution < -0.4 is 4.72 Å². The van der Waals surface area contributed by atoms with Gasteiger partial charge in [0.15, 0.2) is 0 Å². The van der Waals surface area contributed by atoms with E-state index in [1.807, 2.05) is 6.92 Å². The first-order chi connectivity index (χ1) is 9.66. The third-order valence-corrected chi connectivity index (χ3v) is 4.05. The average Bonchev–Trinajstić information content (AvgIpc) is 2.84. The second-order valence-electron chi connectivity index (χ2n) is 5.10. The van der Waals surface area contributed by atoms with Crippen molar-refractivity contribution in [3.8, 4) is 0 Å². The molecule has 120 valence electrons. The maximum Gasteiger partial charge on any atom is 0.305 e. The highest BCUT2D eigenvalue weighted by Crippen LogP contribution is 2.11. The third-order valence-electron chi connectivity index (χ3n) is 2.70. The standard InChI is InChI=1S/C12H21N3O5S/c1-4-20-12(2,3)9-14-21(18,19)10-7-13-15(8-10)6-5-11(16)17/h7-8,14H,4-6,9H2,1-3H3,(H,16,17). The van der Waals surface area contributed by atoms with Crippen LogP contribution in [0.5, 0.6) is 0 Å². The lowest BCUT2D eigenvalue weighted by molar-refractivity contribution is -0.137. The van der Waals surface area contributed by atoms with Crippen LogP contribution in [0.3, 0.4) is 0 Å².